The first kappa shape index (κ1) is 24.7. The largest absolute Gasteiger partial charge is 1.00 e. The Bertz CT molecular complexity index is 1560. The molecule has 0 bridgehead atoms. The van der Waals surface area contributed by atoms with Crippen molar-refractivity contribution in [2.75, 3.05) is 18.0 Å². The molecule has 178 valence electrons. The number of hydrogen-bond donors (Lipinski definition) is 0. The first-order chi connectivity index (χ1) is 16.6. The van der Waals surface area contributed by atoms with E-state index in [1.165, 1.54) is 0 Å². The molecule has 0 N–H and O–H groups in total. The van der Waals surface area contributed by atoms with Crippen LogP contribution in [0.2, 0.25) is 0 Å². The van der Waals surface area contributed by atoms with Gasteiger partial charge in [0.1, 0.15) is 12.6 Å². The van der Waals surface area contributed by atoms with E-state index in [0.29, 0.717) is 11.1 Å². The molecule has 0 saturated carbocycles. The molecule has 0 atom stereocenters. The van der Waals surface area contributed by atoms with Gasteiger partial charge in [0.05, 0.1) is 11.1 Å². The van der Waals surface area contributed by atoms with Crippen LogP contribution in [0, 0.1) is 0 Å². The summed E-state index contributed by atoms with van der Waals surface area (Å²) in [7, 11) is 2.00. The molecule has 0 aliphatic carbocycles. The lowest BCUT2D eigenvalue weighted by Gasteiger charge is -2.20. The topological polar surface area (TPSA) is 50.5 Å². The van der Waals surface area contributed by atoms with Crippen LogP contribution in [0.3, 0.4) is 0 Å². The summed E-state index contributed by atoms with van der Waals surface area (Å²) in [5, 5.41) is 0.905. The number of halogens is 1. The molecule has 3 aromatic carbocycles. The van der Waals surface area contributed by atoms with Crippen molar-refractivity contribution in [2.45, 2.75) is 13.8 Å². The normalized spacial score (nSPS) is 11.3. The Labute approximate surface area is 221 Å². The number of oxazole rings is 1. The van der Waals surface area contributed by atoms with Crippen molar-refractivity contribution < 1.29 is 37.4 Å². The number of fused-ring (bicyclic) bond motifs is 2. The van der Waals surface area contributed by atoms with Crippen LogP contribution in [0.15, 0.2) is 86.4 Å². The second-order valence-corrected chi connectivity index (χ2v) is 8.27. The maximum Gasteiger partial charge on any atom is 0.381 e. The highest BCUT2D eigenvalue weighted by Crippen LogP contribution is 2.24. The minimum atomic E-state index is -0.341. The predicted molar refractivity (Wildman–Crippen MR) is 138 cm³/mol. The van der Waals surface area contributed by atoms with Gasteiger partial charge in [-0.25, -0.2) is 4.79 Å². The molecule has 0 radical (unpaired) electrons. The highest BCUT2D eigenvalue weighted by atomic mass is 127. The summed E-state index contributed by atoms with van der Waals surface area (Å²) in [5.41, 5.74) is 5.73. The lowest BCUT2D eigenvalue weighted by molar-refractivity contribution is -0.637. The van der Waals surface area contributed by atoms with E-state index in [2.05, 4.69) is 24.8 Å². The Hall–Kier alpha value is -3.39. The number of nitrogens with zero attached hydrogens (tertiary/aromatic N) is 2. The summed E-state index contributed by atoms with van der Waals surface area (Å²) >= 11 is 0. The number of aryl methyl sites for hydroxylation is 1. The maximum atomic E-state index is 12.6. The zero-order chi connectivity index (χ0) is 23.7. The number of rotatable bonds is 6. The lowest BCUT2D eigenvalue weighted by atomic mass is 10.1. The van der Waals surface area contributed by atoms with Crippen LogP contribution in [0.5, 0.6) is 0 Å². The van der Waals surface area contributed by atoms with Gasteiger partial charge in [0.15, 0.2) is 0 Å². The van der Waals surface area contributed by atoms with Crippen LogP contribution in [-0.2, 0) is 7.05 Å². The molecule has 0 aliphatic heterocycles. The Morgan fingerprint density at radius 2 is 1.60 bits per heavy atom. The molecular formula is C29H27IN2O3. The number of hydrogen-bond acceptors (Lipinski definition) is 4. The SMILES string of the molecule is CCN(CC)c1ccc2cc(/C=C/c3ccc(-c4oc5ccccc5[n+]4C)cc3)c(=O)oc2c1.[I-]. The van der Waals surface area contributed by atoms with E-state index >= 15 is 0 Å². The first-order valence-corrected chi connectivity index (χ1v) is 11.6. The summed E-state index contributed by atoms with van der Waals surface area (Å²) in [4.78, 5) is 14.8. The van der Waals surface area contributed by atoms with Gasteiger partial charge in [0.25, 0.3) is 5.52 Å². The molecule has 6 heteroatoms. The fourth-order valence-corrected chi connectivity index (χ4v) is 4.30. The highest BCUT2D eigenvalue weighted by molar-refractivity contribution is 5.83. The standard InChI is InChI=1S/C29H27N2O3.HI/c1-4-31(5-2)24-17-16-22-18-23(29(32)34-27(22)19-24)15-12-20-10-13-21(14-11-20)28-30(3)25-8-6-7-9-26(25)33-28;/h6-19H,4-5H2,1-3H3;1H/q+1;/p-1. The fourth-order valence-electron chi connectivity index (χ4n) is 4.30. The molecule has 0 amide bonds. The van der Waals surface area contributed by atoms with Crippen molar-refractivity contribution in [3.05, 3.63) is 94.3 Å². The molecule has 5 rings (SSSR count). The third-order valence-corrected chi connectivity index (χ3v) is 6.23. The monoisotopic (exact) mass is 578 g/mol. The van der Waals surface area contributed by atoms with Crippen LogP contribution in [0.25, 0.3) is 45.7 Å². The third-order valence-electron chi connectivity index (χ3n) is 6.23. The van der Waals surface area contributed by atoms with Crippen LogP contribution >= 0.6 is 0 Å². The average Bonchev–Trinajstić information content (AvgIpc) is 3.20. The highest BCUT2D eigenvalue weighted by Gasteiger charge is 2.20. The van der Waals surface area contributed by atoms with Crippen molar-refractivity contribution in [3.63, 3.8) is 0 Å². The van der Waals surface area contributed by atoms with Gasteiger partial charge in [-0.1, -0.05) is 30.3 Å². The van der Waals surface area contributed by atoms with Crippen LogP contribution < -0.4 is 39.1 Å². The number of benzene rings is 3. The second-order valence-electron chi connectivity index (χ2n) is 8.27. The maximum absolute atomic E-state index is 12.6. The van der Waals surface area contributed by atoms with Gasteiger partial charge in [-0.2, -0.15) is 4.57 Å². The van der Waals surface area contributed by atoms with E-state index in [4.69, 9.17) is 8.83 Å². The molecule has 2 aromatic heterocycles. The Morgan fingerprint density at radius 3 is 2.31 bits per heavy atom. The molecule has 0 fully saturated rings. The zero-order valence-corrected chi connectivity index (χ0v) is 22.2. The fraction of sp³-hybridized carbons (Fsp3) is 0.172. The lowest BCUT2D eigenvalue weighted by Crippen LogP contribution is -3.00. The van der Waals surface area contributed by atoms with Gasteiger partial charge in [-0.3, -0.25) is 0 Å². The van der Waals surface area contributed by atoms with Crippen molar-refractivity contribution in [1.29, 1.82) is 0 Å². The van der Waals surface area contributed by atoms with E-state index in [1.54, 1.807) is 6.08 Å². The van der Waals surface area contributed by atoms with Crippen molar-refractivity contribution >= 4 is 39.9 Å². The zero-order valence-electron chi connectivity index (χ0n) is 20.0. The smallest absolute Gasteiger partial charge is 0.381 e. The first-order valence-electron chi connectivity index (χ1n) is 11.6. The molecule has 35 heavy (non-hydrogen) atoms. The number of anilines is 1. The molecule has 5 nitrogen and oxygen atoms in total. The molecular weight excluding hydrogens is 551 g/mol. The number of aromatic nitrogens is 1. The Balaban J connectivity index is 0.00000289. The Kier molecular flexibility index (Phi) is 7.40. The minimum absolute atomic E-state index is 0. The summed E-state index contributed by atoms with van der Waals surface area (Å²) in [6, 6.07) is 23.9. The van der Waals surface area contributed by atoms with E-state index in [0.717, 1.165) is 52.3 Å². The quantitative estimate of drug-likeness (QED) is 0.177. The summed E-state index contributed by atoms with van der Waals surface area (Å²) in [5.74, 6) is 0.802. The van der Waals surface area contributed by atoms with Crippen molar-refractivity contribution in [2.24, 2.45) is 7.05 Å². The third kappa shape index (κ3) is 4.89. The molecule has 0 aliphatic rings. The summed E-state index contributed by atoms with van der Waals surface area (Å²) in [6.07, 6.45) is 3.73. The van der Waals surface area contributed by atoms with Gasteiger partial charge < -0.3 is 37.7 Å². The van der Waals surface area contributed by atoms with Crippen LogP contribution in [0.4, 0.5) is 5.69 Å². The molecule has 2 heterocycles. The van der Waals surface area contributed by atoms with E-state index in [-0.39, 0.29) is 29.6 Å². The van der Waals surface area contributed by atoms with E-state index in [9.17, 15) is 4.79 Å². The van der Waals surface area contributed by atoms with Gasteiger partial charge >= 0.3 is 11.5 Å². The number of para-hydroxylation sites is 2. The minimum Gasteiger partial charge on any atom is -1.00 e. The second kappa shape index (κ2) is 10.5. The molecule has 0 spiro atoms. The van der Waals surface area contributed by atoms with Gasteiger partial charge in [0.2, 0.25) is 5.58 Å². The molecule has 5 aromatic rings. The summed E-state index contributed by atoms with van der Waals surface area (Å²) in [6.45, 7) is 6.03. The Morgan fingerprint density at radius 1 is 0.857 bits per heavy atom. The van der Waals surface area contributed by atoms with E-state index < -0.39 is 0 Å². The van der Waals surface area contributed by atoms with Gasteiger partial charge in [0, 0.05) is 36.3 Å². The molecule has 0 saturated heterocycles. The van der Waals surface area contributed by atoms with Crippen LogP contribution in [-0.4, -0.2) is 13.1 Å². The van der Waals surface area contributed by atoms with Crippen molar-refractivity contribution in [3.8, 4) is 11.5 Å². The summed E-state index contributed by atoms with van der Waals surface area (Å²) < 4.78 is 13.7. The van der Waals surface area contributed by atoms with Gasteiger partial charge in [-0.15, -0.1) is 0 Å². The van der Waals surface area contributed by atoms with Gasteiger partial charge in [-0.05, 0) is 61.9 Å². The van der Waals surface area contributed by atoms with E-state index in [1.807, 2.05) is 84.4 Å². The predicted octanol–water partition coefficient (Wildman–Crippen LogP) is 3.05. The van der Waals surface area contributed by atoms with Crippen LogP contribution in [0.1, 0.15) is 25.0 Å². The van der Waals surface area contributed by atoms with Crippen molar-refractivity contribution in [1.82, 2.24) is 0 Å². The average molecular weight is 578 g/mol. The molecule has 0 unspecified atom stereocenters.